The third kappa shape index (κ3) is 7.43. The Morgan fingerprint density at radius 1 is 1.21 bits per heavy atom. The summed E-state index contributed by atoms with van der Waals surface area (Å²) in [4.78, 5) is 11.6. The molecule has 5 heteroatoms. The predicted molar refractivity (Wildman–Crippen MR) is 74.9 cm³/mol. The maximum Gasteiger partial charge on any atom is 0.220 e. The lowest BCUT2D eigenvalue weighted by Crippen LogP contribution is -2.27. The van der Waals surface area contributed by atoms with Gasteiger partial charge in [-0.2, -0.15) is 0 Å². The number of amides is 1. The van der Waals surface area contributed by atoms with Crippen LogP contribution in [0.1, 0.15) is 12.0 Å². The van der Waals surface area contributed by atoms with Gasteiger partial charge in [0.2, 0.25) is 5.91 Å². The number of anilines is 1. The molecule has 0 atom stereocenters. The Morgan fingerprint density at radius 3 is 2.63 bits per heavy atom. The van der Waals surface area contributed by atoms with Crippen molar-refractivity contribution in [2.45, 2.75) is 12.8 Å². The zero-order valence-corrected chi connectivity index (χ0v) is 11.4. The lowest BCUT2D eigenvalue weighted by Gasteiger charge is -2.06. The zero-order chi connectivity index (χ0) is 13.9. The largest absolute Gasteiger partial charge is 0.399 e. The number of nitrogens with two attached hydrogens (primary N) is 1. The van der Waals surface area contributed by atoms with E-state index in [1.807, 2.05) is 24.3 Å². The minimum atomic E-state index is 0.0344. The van der Waals surface area contributed by atoms with Crippen LogP contribution in [-0.4, -0.2) is 39.4 Å². The normalized spacial score (nSPS) is 10.4. The van der Waals surface area contributed by atoms with Crippen molar-refractivity contribution in [2.75, 3.05) is 39.2 Å². The van der Waals surface area contributed by atoms with E-state index in [0.29, 0.717) is 32.8 Å². The molecule has 106 valence electrons. The fraction of sp³-hybridized carbons (Fsp3) is 0.500. The molecular formula is C14H22N2O3. The van der Waals surface area contributed by atoms with Crippen molar-refractivity contribution in [2.24, 2.45) is 0 Å². The number of ether oxygens (including phenoxy) is 2. The van der Waals surface area contributed by atoms with Crippen molar-refractivity contribution >= 4 is 11.6 Å². The van der Waals surface area contributed by atoms with Crippen LogP contribution in [0.25, 0.3) is 0 Å². The van der Waals surface area contributed by atoms with Crippen molar-refractivity contribution < 1.29 is 14.3 Å². The molecule has 1 amide bonds. The van der Waals surface area contributed by atoms with Crippen LogP contribution in [0.5, 0.6) is 0 Å². The molecule has 19 heavy (non-hydrogen) atoms. The van der Waals surface area contributed by atoms with Gasteiger partial charge >= 0.3 is 0 Å². The van der Waals surface area contributed by atoms with E-state index in [4.69, 9.17) is 15.2 Å². The molecule has 1 rings (SSSR count). The number of hydrogen-bond acceptors (Lipinski definition) is 4. The summed E-state index contributed by atoms with van der Waals surface area (Å²) in [6.45, 7) is 2.17. The van der Waals surface area contributed by atoms with E-state index in [0.717, 1.165) is 17.7 Å². The molecule has 0 bridgehead atoms. The first-order valence-corrected chi connectivity index (χ1v) is 6.40. The molecule has 0 heterocycles. The monoisotopic (exact) mass is 266 g/mol. The summed E-state index contributed by atoms with van der Waals surface area (Å²) < 4.78 is 10.1. The number of hydrogen-bond donors (Lipinski definition) is 2. The third-order valence-corrected chi connectivity index (χ3v) is 2.62. The average molecular weight is 266 g/mol. The minimum absolute atomic E-state index is 0.0344. The van der Waals surface area contributed by atoms with E-state index in [9.17, 15) is 4.79 Å². The topological polar surface area (TPSA) is 73.6 Å². The van der Waals surface area contributed by atoms with Crippen molar-refractivity contribution in [3.63, 3.8) is 0 Å². The molecule has 0 aliphatic heterocycles. The summed E-state index contributed by atoms with van der Waals surface area (Å²) in [5.41, 5.74) is 7.45. The van der Waals surface area contributed by atoms with Gasteiger partial charge in [0.15, 0.2) is 0 Å². The third-order valence-electron chi connectivity index (χ3n) is 2.62. The highest BCUT2D eigenvalue weighted by atomic mass is 16.5. The van der Waals surface area contributed by atoms with Crippen LogP contribution in [0.3, 0.4) is 0 Å². The van der Waals surface area contributed by atoms with Gasteiger partial charge in [-0.15, -0.1) is 0 Å². The van der Waals surface area contributed by atoms with Crippen molar-refractivity contribution in [3.8, 4) is 0 Å². The molecule has 0 saturated carbocycles. The Kier molecular flexibility index (Phi) is 7.62. The molecule has 5 nitrogen and oxygen atoms in total. The van der Waals surface area contributed by atoms with Gasteiger partial charge in [-0.3, -0.25) is 4.79 Å². The van der Waals surface area contributed by atoms with Crippen LogP contribution < -0.4 is 11.1 Å². The summed E-state index contributed by atoms with van der Waals surface area (Å²) in [5.74, 6) is 0.0344. The van der Waals surface area contributed by atoms with Crippen molar-refractivity contribution in [3.05, 3.63) is 29.8 Å². The number of carbonyl (C=O) groups is 1. The van der Waals surface area contributed by atoms with E-state index in [2.05, 4.69) is 5.32 Å². The number of rotatable bonds is 9. The van der Waals surface area contributed by atoms with E-state index >= 15 is 0 Å². The van der Waals surface area contributed by atoms with Crippen LogP contribution in [0.15, 0.2) is 24.3 Å². The first-order chi connectivity index (χ1) is 9.22. The number of benzene rings is 1. The zero-order valence-electron chi connectivity index (χ0n) is 11.4. The summed E-state index contributed by atoms with van der Waals surface area (Å²) in [7, 11) is 1.63. The number of methoxy groups -OCH3 is 1. The maximum atomic E-state index is 11.6. The molecule has 0 unspecified atom stereocenters. The van der Waals surface area contributed by atoms with E-state index in [1.54, 1.807) is 7.11 Å². The molecule has 0 aromatic heterocycles. The molecule has 0 aliphatic rings. The first kappa shape index (κ1) is 15.5. The fourth-order valence-electron chi connectivity index (χ4n) is 1.54. The van der Waals surface area contributed by atoms with Gasteiger partial charge in [-0.05, 0) is 24.1 Å². The average Bonchev–Trinajstić information content (AvgIpc) is 2.42. The second kappa shape index (κ2) is 9.35. The molecular weight excluding hydrogens is 244 g/mol. The van der Waals surface area contributed by atoms with E-state index < -0.39 is 0 Å². The fourth-order valence-corrected chi connectivity index (χ4v) is 1.54. The smallest absolute Gasteiger partial charge is 0.220 e. The van der Waals surface area contributed by atoms with Crippen LogP contribution in [-0.2, 0) is 20.7 Å². The van der Waals surface area contributed by atoms with Gasteiger partial charge in [-0.1, -0.05) is 12.1 Å². The second-order valence-corrected chi connectivity index (χ2v) is 4.20. The molecule has 0 aliphatic carbocycles. The van der Waals surface area contributed by atoms with Crippen LogP contribution in [0.4, 0.5) is 5.69 Å². The highest BCUT2D eigenvalue weighted by molar-refractivity contribution is 5.76. The Balaban J connectivity index is 2.06. The number of carbonyl (C=O) groups excluding carboxylic acids is 1. The Hall–Kier alpha value is -1.59. The number of aryl methyl sites for hydroxylation is 1. The lowest BCUT2D eigenvalue weighted by molar-refractivity contribution is -0.121. The van der Waals surface area contributed by atoms with E-state index in [-0.39, 0.29) is 5.91 Å². The first-order valence-electron chi connectivity index (χ1n) is 6.40. The van der Waals surface area contributed by atoms with Crippen molar-refractivity contribution in [1.29, 1.82) is 0 Å². The number of nitrogen functional groups attached to an aromatic ring is 1. The van der Waals surface area contributed by atoms with Gasteiger partial charge in [-0.25, -0.2) is 0 Å². The summed E-state index contributed by atoms with van der Waals surface area (Å²) in [6.07, 6.45) is 1.19. The molecule has 0 radical (unpaired) electrons. The van der Waals surface area contributed by atoms with Crippen LogP contribution in [0, 0.1) is 0 Å². The quantitative estimate of drug-likeness (QED) is 0.516. The Labute approximate surface area is 114 Å². The van der Waals surface area contributed by atoms with Gasteiger partial charge < -0.3 is 20.5 Å². The van der Waals surface area contributed by atoms with Gasteiger partial charge in [0.1, 0.15) is 0 Å². The molecule has 1 aromatic rings. The Morgan fingerprint density at radius 2 is 1.95 bits per heavy atom. The standard InChI is InChI=1S/C14H22N2O3/c1-18-10-11-19-9-8-16-14(17)7-4-12-2-5-13(15)6-3-12/h2-3,5-6H,4,7-11,15H2,1H3,(H,16,17). The van der Waals surface area contributed by atoms with Gasteiger partial charge in [0.05, 0.1) is 19.8 Å². The van der Waals surface area contributed by atoms with Gasteiger partial charge in [0.25, 0.3) is 0 Å². The lowest BCUT2D eigenvalue weighted by atomic mass is 10.1. The van der Waals surface area contributed by atoms with Crippen LogP contribution in [0.2, 0.25) is 0 Å². The van der Waals surface area contributed by atoms with Crippen LogP contribution >= 0.6 is 0 Å². The SMILES string of the molecule is COCCOCCNC(=O)CCc1ccc(N)cc1. The highest BCUT2D eigenvalue weighted by Crippen LogP contribution is 2.07. The maximum absolute atomic E-state index is 11.6. The van der Waals surface area contributed by atoms with E-state index in [1.165, 1.54) is 0 Å². The molecule has 0 saturated heterocycles. The highest BCUT2D eigenvalue weighted by Gasteiger charge is 2.01. The predicted octanol–water partition coefficient (Wildman–Crippen LogP) is 0.981. The molecule has 3 N–H and O–H groups in total. The molecule has 0 fully saturated rings. The second-order valence-electron chi connectivity index (χ2n) is 4.20. The minimum Gasteiger partial charge on any atom is -0.399 e. The molecule has 1 aromatic carbocycles. The van der Waals surface area contributed by atoms with Gasteiger partial charge in [0, 0.05) is 25.8 Å². The van der Waals surface area contributed by atoms with Crippen molar-refractivity contribution in [1.82, 2.24) is 5.32 Å². The summed E-state index contributed by atoms with van der Waals surface area (Å²) in [6, 6.07) is 7.57. The molecule has 0 spiro atoms. The number of nitrogens with one attached hydrogen (secondary N) is 1. The summed E-state index contributed by atoms with van der Waals surface area (Å²) >= 11 is 0. The summed E-state index contributed by atoms with van der Waals surface area (Å²) in [5, 5.41) is 2.81. The Bertz CT molecular complexity index is 365.